The van der Waals surface area contributed by atoms with Crippen molar-refractivity contribution in [2.75, 3.05) is 45.1 Å². The number of halogens is 1. The van der Waals surface area contributed by atoms with Crippen molar-refractivity contribution in [3.05, 3.63) is 30.1 Å². The lowest BCUT2D eigenvalue weighted by atomic mass is 10.2. The number of benzene rings is 1. The molecular formula is C16H26FN3. The van der Waals surface area contributed by atoms with Crippen LogP contribution in [0.1, 0.15) is 19.8 Å². The summed E-state index contributed by atoms with van der Waals surface area (Å²) < 4.78 is 13.5. The van der Waals surface area contributed by atoms with Crippen molar-refractivity contribution >= 4 is 5.69 Å². The predicted octanol–water partition coefficient (Wildman–Crippen LogP) is 2.65. The molecule has 1 aromatic rings. The number of anilines is 1. The SMILES string of the molecule is CCN1CCCC1CN(C)CCNc1ccccc1F. The highest BCUT2D eigenvalue weighted by atomic mass is 19.1. The maximum Gasteiger partial charge on any atom is 0.146 e. The van der Waals surface area contributed by atoms with Crippen LogP contribution in [0.2, 0.25) is 0 Å². The molecule has 1 N–H and O–H groups in total. The second-order valence-corrected chi connectivity index (χ2v) is 5.59. The minimum absolute atomic E-state index is 0.178. The van der Waals surface area contributed by atoms with Crippen LogP contribution in [-0.2, 0) is 0 Å². The average Bonchev–Trinajstić information content (AvgIpc) is 2.88. The van der Waals surface area contributed by atoms with Crippen LogP contribution < -0.4 is 5.32 Å². The highest BCUT2D eigenvalue weighted by molar-refractivity contribution is 5.44. The van der Waals surface area contributed by atoms with Crippen LogP contribution in [0.4, 0.5) is 10.1 Å². The standard InChI is InChI=1S/C16H26FN3/c1-3-20-11-6-7-14(20)13-19(2)12-10-18-16-9-5-4-8-15(16)17/h4-5,8-9,14,18H,3,6-7,10-13H2,1-2H3. The molecule has 1 saturated heterocycles. The van der Waals surface area contributed by atoms with E-state index in [0.717, 1.165) is 26.2 Å². The highest BCUT2D eigenvalue weighted by Crippen LogP contribution is 2.17. The molecule has 4 heteroatoms. The van der Waals surface area contributed by atoms with Crippen molar-refractivity contribution in [2.45, 2.75) is 25.8 Å². The van der Waals surface area contributed by atoms with Gasteiger partial charge in [0, 0.05) is 25.7 Å². The summed E-state index contributed by atoms with van der Waals surface area (Å²) in [5.41, 5.74) is 0.594. The van der Waals surface area contributed by atoms with Crippen LogP contribution in [0.25, 0.3) is 0 Å². The Labute approximate surface area is 121 Å². The summed E-state index contributed by atoms with van der Waals surface area (Å²) in [6, 6.07) is 7.53. The van der Waals surface area contributed by atoms with Crippen LogP contribution >= 0.6 is 0 Å². The van der Waals surface area contributed by atoms with Gasteiger partial charge in [0.05, 0.1) is 5.69 Å². The Morgan fingerprint density at radius 1 is 1.40 bits per heavy atom. The number of likely N-dealkylation sites (tertiary alicyclic amines) is 1. The van der Waals surface area contributed by atoms with Crippen molar-refractivity contribution in [1.29, 1.82) is 0 Å². The molecule has 1 unspecified atom stereocenters. The van der Waals surface area contributed by atoms with Crippen LogP contribution in [-0.4, -0.2) is 55.6 Å². The topological polar surface area (TPSA) is 18.5 Å². The summed E-state index contributed by atoms with van der Waals surface area (Å²) in [5.74, 6) is -0.178. The molecule has 1 aliphatic heterocycles. The second kappa shape index (κ2) is 7.60. The first kappa shape index (κ1) is 15.3. The number of para-hydroxylation sites is 1. The number of hydrogen-bond donors (Lipinski definition) is 1. The Morgan fingerprint density at radius 2 is 2.20 bits per heavy atom. The second-order valence-electron chi connectivity index (χ2n) is 5.59. The fourth-order valence-electron chi connectivity index (χ4n) is 2.96. The molecule has 1 heterocycles. The van der Waals surface area contributed by atoms with Crippen molar-refractivity contribution in [3.63, 3.8) is 0 Å². The van der Waals surface area contributed by atoms with Crippen LogP contribution in [0.5, 0.6) is 0 Å². The molecular weight excluding hydrogens is 253 g/mol. The Hall–Kier alpha value is -1.13. The van der Waals surface area contributed by atoms with Gasteiger partial charge < -0.3 is 10.2 Å². The Bertz CT molecular complexity index is 410. The minimum Gasteiger partial charge on any atom is -0.381 e. The largest absolute Gasteiger partial charge is 0.381 e. The van der Waals surface area contributed by atoms with Gasteiger partial charge in [-0.25, -0.2) is 4.39 Å². The third-order valence-electron chi connectivity index (χ3n) is 4.11. The predicted molar refractivity (Wildman–Crippen MR) is 82.7 cm³/mol. The van der Waals surface area contributed by atoms with Gasteiger partial charge in [0.15, 0.2) is 0 Å². The highest BCUT2D eigenvalue weighted by Gasteiger charge is 2.23. The molecule has 1 atom stereocenters. The quantitative estimate of drug-likeness (QED) is 0.828. The van der Waals surface area contributed by atoms with Gasteiger partial charge in [0.1, 0.15) is 5.82 Å². The molecule has 0 aliphatic carbocycles. The number of nitrogens with zero attached hydrogens (tertiary/aromatic N) is 2. The Morgan fingerprint density at radius 3 is 2.95 bits per heavy atom. The van der Waals surface area contributed by atoms with Gasteiger partial charge >= 0.3 is 0 Å². The molecule has 1 aromatic carbocycles. The van der Waals surface area contributed by atoms with Gasteiger partial charge in [-0.3, -0.25) is 4.90 Å². The first-order valence-electron chi connectivity index (χ1n) is 7.61. The molecule has 0 spiro atoms. The summed E-state index contributed by atoms with van der Waals surface area (Å²) in [6.45, 7) is 7.43. The normalized spacial score (nSPS) is 19.7. The molecule has 1 fully saturated rings. The number of hydrogen-bond acceptors (Lipinski definition) is 3. The van der Waals surface area contributed by atoms with Gasteiger partial charge in [0.25, 0.3) is 0 Å². The summed E-state index contributed by atoms with van der Waals surface area (Å²) in [7, 11) is 2.15. The molecule has 0 bridgehead atoms. The molecule has 1 aliphatic rings. The van der Waals surface area contributed by atoms with Gasteiger partial charge in [-0.2, -0.15) is 0 Å². The summed E-state index contributed by atoms with van der Waals surface area (Å²) in [6.07, 6.45) is 2.62. The van der Waals surface area contributed by atoms with Crippen LogP contribution in [0, 0.1) is 5.82 Å². The first-order chi connectivity index (χ1) is 9.70. The van der Waals surface area contributed by atoms with Crippen molar-refractivity contribution in [1.82, 2.24) is 9.80 Å². The zero-order valence-corrected chi connectivity index (χ0v) is 12.6. The first-order valence-corrected chi connectivity index (χ1v) is 7.61. The zero-order chi connectivity index (χ0) is 14.4. The van der Waals surface area contributed by atoms with E-state index in [-0.39, 0.29) is 5.82 Å². The number of likely N-dealkylation sites (N-methyl/N-ethyl adjacent to an activating group) is 2. The molecule has 0 aromatic heterocycles. The van der Waals surface area contributed by atoms with E-state index in [0.29, 0.717) is 11.7 Å². The smallest absolute Gasteiger partial charge is 0.146 e. The third kappa shape index (κ3) is 4.18. The van der Waals surface area contributed by atoms with E-state index in [1.807, 2.05) is 6.07 Å². The van der Waals surface area contributed by atoms with Gasteiger partial charge in [-0.05, 0) is 45.1 Å². The van der Waals surface area contributed by atoms with E-state index in [1.54, 1.807) is 12.1 Å². The number of nitrogens with one attached hydrogen (secondary N) is 1. The van der Waals surface area contributed by atoms with Crippen LogP contribution in [0.15, 0.2) is 24.3 Å². The third-order valence-corrected chi connectivity index (χ3v) is 4.11. The maximum atomic E-state index is 13.5. The maximum absolute atomic E-state index is 13.5. The Kier molecular flexibility index (Phi) is 5.80. The van der Waals surface area contributed by atoms with Gasteiger partial charge in [0.2, 0.25) is 0 Å². The van der Waals surface area contributed by atoms with E-state index >= 15 is 0 Å². The van der Waals surface area contributed by atoms with Crippen molar-refractivity contribution in [3.8, 4) is 0 Å². The zero-order valence-electron chi connectivity index (χ0n) is 12.6. The van der Waals surface area contributed by atoms with Crippen LogP contribution in [0.3, 0.4) is 0 Å². The summed E-state index contributed by atoms with van der Waals surface area (Å²) in [5, 5.41) is 3.16. The van der Waals surface area contributed by atoms with E-state index in [9.17, 15) is 4.39 Å². The van der Waals surface area contributed by atoms with E-state index in [1.165, 1.54) is 25.5 Å². The van der Waals surface area contributed by atoms with Crippen molar-refractivity contribution < 1.29 is 4.39 Å². The lowest BCUT2D eigenvalue weighted by Gasteiger charge is -2.27. The fourth-order valence-corrected chi connectivity index (χ4v) is 2.96. The molecule has 2 rings (SSSR count). The molecule has 0 saturated carbocycles. The summed E-state index contributed by atoms with van der Waals surface area (Å²) in [4.78, 5) is 4.90. The molecule has 0 radical (unpaired) electrons. The molecule has 20 heavy (non-hydrogen) atoms. The Balaban J connectivity index is 1.70. The number of rotatable bonds is 7. The summed E-state index contributed by atoms with van der Waals surface area (Å²) >= 11 is 0. The molecule has 0 amide bonds. The minimum atomic E-state index is -0.178. The van der Waals surface area contributed by atoms with Crippen molar-refractivity contribution in [2.24, 2.45) is 0 Å². The van der Waals surface area contributed by atoms with Gasteiger partial charge in [-0.15, -0.1) is 0 Å². The molecule has 3 nitrogen and oxygen atoms in total. The van der Waals surface area contributed by atoms with Gasteiger partial charge in [-0.1, -0.05) is 19.1 Å². The monoisotopic (exact) mass is 279 g/mol. The lowest BCUT2D eigenvalue weighted by Crippen LogP contribution is -2.40. The lowest BCUT2D eigenvalue weighted by molar-refractivity contribution is 0.202. The van der Waals surface area contributed by atoms with E-state index < -0.39 is 0 Å². The average molecular weight is 279 g/mol. The fraction of sp³-hybridized carbons (Fsp3) is 0.625. The van der Waals surface area contributed by atoms with E-state index in [2.05, 4.69) is 29.1 Å². The van der Waals surface area contributed by atoms with E-state index in [4.69, 9.17) is 0 Å². The molecule has 112 valence electrons.